The fourth-order valence-corrected chi connectivity index (χ4v) is 5.58. The zero-order valence-electron chi connectivity index (χ0n) is 19.4. The number of fused-ring (bicyclic) bond motifs is 1. The fourth-order valence-electron chi connectivity index (χ4n) is 4.26. The molecule has 2 heterocycles. The van der Waals surface area contributed by atoms with Crippen LogP contribution in [0.2, 0.25) is 0 Å². The minimum absolute atomic E-state index is 0.182. The lowest BCUT2D eigenvalue weighted by atomic mass is 9.72. The molecule has 33 heavy (non-hydrogen) atoms. The van der Waals surface area contributed by atoms with Crippen molar-refractivity contribution in [2.75, 3.05) is 17.7 Å². The van der Waals surface area contributed by atoms with E-state index in [9.17, 15) is 9.59 Å². The number of pyridine rings is 1. The van der Waals surface area contributed by atoms with Gasteiger partial charge in [0.2, 0.25) is 0 Å². The van der Waals surface area contributed by atoms with E-state index in [-0.39, 0.29) is 17.2 Å². The van der Waals surface area contributed by atoms with Crippen molar-refractivity contribution in [1.82, 2.24) is 4.98 Å². The number of rotatable bonds is 5. The molecule has 0 saturated carbocycles. The maximum Gasteiger partial charge on any atom is 0.259 e. The largest absolute Gasteiger partial charge is 0.495 e. The van der Waals surface area contributed by atoms with Crippen molar-refractivity contribution in [3.05, 3.63) is 70.4 Å². The van der Waals surface area contributed by atoms with E-state index in [1.54, 1.807) is 43.8 Å². The summed E-state index contributed by atoms with van der Waals surface area (Å²) >= 11 is 1.51. The molecule has 1 aliphatic carbocycles. The number of nitrogens with one attached hydrogen (secondary N) is 2. The second kappa shape index (κ2) is 9.35. The molecule has 1 atom stereocenters. The van der Waals surface area contributed by atoms with E-state index in [0.29, 0.717) is 33.5 Å². The van der Waals surface area contributed by atoms with Crippen molar-refractivity contribution in [2.24, 2.45) is 11.3 Å². The average molecular weight is 464 g/mol. The first-order valence-electron chi connectivity index (χ1n) is 11.1. The van der Waals surface area contributed by atoms with E-state index in [0.717, 1.165) is 24.8 Å². The highest BCUT2D eigenvalue weighted by Crippen LogP contribution is 2.44. The molecular formula is C26H29N3O3S. The summed E-state index contributed by atoms with van der Waals surface area (Å²) in [6.07, 6.45) is 5.90. The molecule has 0 radical (unpaired) electrons. The zero-order chi connectivity index (χ0) is 23.6. The zero-order valence-corrected chi connectivity index (χ0v) is 20.2. The van der Waals surface area contributed by atoms with Crippen LogP contribution in [0.25, 0.3) is 0 Å². The number of hydrogen-bond acceptors (Lipinski definition) is 5. The Labute approximate surface area is 198 Å². The number of thiophene rings is 1. The molecule has 0 fully saturated rings. The molecule has 1 unspecified atom stereocenters. The number of amides is 2. The maximum atomic E-state index is 13.5. The van der Waals surface area contributed by atoms with Crippen LogP contribution in [0, 0.1) is 11.3 Å². The number of methoxy groups -OCH3 is 1. The normalized spacial score (nSPS) is 15.5. The van der Waals surface area contributed by atoms with Gasteiger partial charge in [0.05, 0.1) is 18.4 Å². The van der Waals surface area contributed by atoms with Crippen LogP contribution < -0.4 is 15.4 Å². The number of aromatic nitrogens is 1. The lowest BCUT2D eigenvalue weighted by Crippen LogP contribution is -2.27. The molecule has 0 saturated heterocycles. The molecule has 1 aromatic carbocycles. The van der Waals surface area contributed by atoms with Gasteiger partial charge >= 0.3 is 0 Å². The Morgan fingerprint density at radius 1 is 1.06 bits per heavy atom. The smallest absolute Gasteiger partial charge is 0.259 e. The fraction of sp³-hybridized carbons (Fsp3) is 0.346. The lowest BCUT2D eigenvalue weighted by Gasteiger charge is -2.33. The molecule has 7 heteroatoms. The minimum atomic E-state index is -0.255. The molecule has 0 aliphatic heterocycles. The third-order valence-electron chi connectivity index (χ3n) is 6.24. The number of carbonyl (C=O) groups excluding carboxylic acids is 2. The summed E-state index contributed by atoms with van der Waals surface area (Å²) in [6.45, 7) is 6.78. The average Bonchev–Trinajstić information content (AvgIpc) is 3.16. The van der Waals surface area contributed by atoms with Crippen LogP contribution in [0.15, 0.2) is 48.8 Å². The Hall–Kier alpha value is -3.19. The molecule has 4 rings (SSSR count). The van der Waals surface area contributed by atoms with Crippen LogP contribution in [-0.4, -0.2) is 23.9 Å². The van der Waals surface area contributed by atoms with Gasteiger partial charge in [-0.1, -0.05) is 32.9 Å². The summed E-state index contributed by atoms with van der Waals surface area (Å²) in [5.74, 6) is 0.619. The van der Waals surface area contributed by atoms with Gasteiger partial charge in [0.25, 0.3) is 11.8 Å². The maximum absolute atomic E-state index is 13.5. The van der Waals surface area contributed by atoms with E-state index < -0.39 is 0 Å². The van der Waals surface area contributed by atoms with Crippen molar-refractivity contribution < 1.29 is 14.3 Å². The lowest BCUT2D eigenvalue weighted by molar-refractivity contribution is 0.102. The van der Waals surface area contributed by atoms with Gasteiger partial charge in [-0.05, 0) is 60.4 Å². The topological polar surface area (TPSA) is 80.3 Å². The predicted octanol–water partition coefficient (Wildman–Crippen LogP) is 5.81. The summed E-state index contributed by atoms with van der Waals surface area (Å²) < 4.78 is 5.39. The first kappa shape index (κ1) is 23.0. The summed E-state index contributed by atoms with van der Waals surface area (Å²) in [6, 6.07) is 10.6. The van der Waals surface area contributed by atoms with Gasteiger partial charge in [0.15, 0.2) is 0 Å². The quantitative estimate of drug-likeness (QED) is 0.501. The van der Waals surface area contributed by atoms with Crippen LogP contribution in [0.1, 0.15) is 58.3 Å². The Kier molecular flexibility index (Phi) is 6.51. The number of benzene rings is 1. The highest BCUT2D eigenvalue weighted by molar-refractivity contribution is 7.17. The first-order valence-corrected chi connectivity index (χ1v) is 11.9. The monoisotopic (exact) mass is 463 g/mol. The third-order valence-corrected chi connectivity index (χ3v) is 7.41. The van der Waals surface area contributed by atoms with Gasteiger partial charge in [-0.25, -0.2) is 0 Å². The number of ether oxygens (including phenoxy) is 1. The van der Waals surface area contributed by atoms with Gasteiger partial charge in [0.1, 0.15) is 10.8 Å². The van der Waals surface area contributed by atoms with Gasteiger partial charge in [-0.3, -0.25) is 14.6 Å². The highest BCUT2D eigenvalue weighted by Gasteiger charge is 2.34. The Morgan fingerprint density at radius 2 is 1.79 bits per heavy atom. The number of para-hydroxylation sites is 2. The molecule has 1 aliphatic rings. The summed E-state index contributed by atoms with van der Waals surface area (Å²) in [7, 11) is 1.57. The van der Waals surface area contributed by atoms with Crippen LogP contribution in [0.4, 0.5) is 10.7 Å². The van der Waals surface area contributed by atoms with Crippen molar-refractivity contribution in [3.8, 4) is 5.75 Å². The summed E-state index contributed by atoms with van der Waals surface area (Å²) in [5.41, 5.74) is 2.87. The van der Waals surface area contributed by atoms with E-state index in [2.05, 4.69) is 36.4 Å². The molecule has 0 spiro atoms. The van der Waals surface area contributed by atoms with E-state index >= 15 is 0 Å². The summed E-state index contributed by atoms with van der Waals surface area (Å²) in [4.78, 5) is 31.6. The molecule has 0 bridgehead atoms. The molecular weight excluding hydrogens is 434 g/mol. The predicted molar refractivity (Wildman–Crippen MR) is 132 cm³/mol. The van der Waals surface area contributed by atoms with Gasteiger partial charge in [-0.2, -0.15) is 0 Å². The standard InChI is InChI=1S/C26H29N3O3S/c1-26(2,3)17-9-10-18-21(15-17)33-25(29-23(30)16-11-13-27-14-12-16)22(18)24(31)28-19-7-5-6-8-20(19)32-4/h5-8,11-14,17H,9-10,15H2,1-4H3,(H,28,31)(H,29,30). The van der Waals surface area contributed by atoms with Gasteiger partial charge in [-0.15, -0.1) is 11.3 Å². The number of hydrogen-bond donors (Lipinski definition) is 2. The molecule has 172 valence electrons. The second-order valence-electron chi connectivity index (χ2n) is 9.36. The van der Waals surface area contributed by atoms with Crippen LogP contribution in [-0.2, 0) is 12.8 Å². The number of nitrogens with zero attached hydrogens (tertiary/aromatic N) is 1. The van der Waals surface area contributed by atoms with Crippen LogP contribution in [0.5, 0.6) is 5.75 Å². The Bertz CT molecular complexity index is 1170. The van der Waals surface area contributed by atoms with Crippen molar-refractivity contribution in [2.45, 2.75) is 40.0 Å². The molecule has 2 amide bonds. The number of anilines is 2. The SMILES string of the molecule is COc1ccccc1NC(=O)c1c(NC(=O)c2ccncc2)sc2c1CCC(C(C)(C)C)C2. The van der Waals surface area contributed by atoms with Crippen molar-refractivity contribution >= 4 is 33.8 Å². The third kappa shape index (κ3) is 4.93. The number of carbonyl (C=O) groups is 2. The Balaban J connectivity index is 1.70. The molecule has 2 N–H and O–H groups in total. The molecule has 3 aromatic rings. The van der Waals surface area contributed by atoms with E-state index in [1.165, 1.54) is 16.2 Å². The van der Waals surface area contributed by atoms with Gasteiger partial charge < -0.3 is 15.4 Å². The van der Waals surface area contributed by atoms with E-state index in [4.69, 9.17) is 4.74 Å². The Morgan fingerprint density at radius 3 is 2.48 bits per heavy atom. The molecule has 2 aromatic heterocycles. The summed E-state index contributed by atoms with van der Waals surface area (Å²) in [5, 5.41) is 6.57. The van der Waals surface area contributed by atoms with Crippen LogP contribution >= 0.6 is 11.3 Å². The highest BCUT2D eigenvalue weighted by atomic mass is 32.1. The van der Waals surface area contributed by atoms with E-state index in [1.807, 2.05) is 12.1 Å². The minimum Gasteiger partial charge on any atom is -0.495 e. The second-order valence-corrected chi connectivity index (χ2v) is 10.5. The van der Waals surface area contributed by atoms with Crippen molar-refractivity contribution in [3.63, 3.8) is 0 Å². The molecule has 6 nitrogen and oxygen atoms in total. The van der Waals surface area contributed by atoms with Crippen molar-refractivity contribution in [1.29, 1.82) is 0 Å². The van der Waals surface area contributed by atoms with Crippen LogP contribution in [0.3, 0.4) is 0 Å². The first-order chi connectivity index (χ1) is 15.8. The van der Waals surface area contributed by atoms with Gasteiger partial charge in [0, 0.05) is 22.8 Å².